The Morgan fingerprint density at radius 1 is 1.22 bits per heavy atom. The van der Waals surface area contributed by atoms with Crippen LogP contribution < -0.4 is 5.32 Å². The van der Waals surface area contributed by atoms with Crippen molar-refractivity contribution in [2.75, 3.05) is 24.7 Å². The minimum absolute atomic E-state index is 0.512. The van der Waals surface area contributed by atoms with Crippen molar-refractivity contribution in [1.29, 1.82) is 0 Å². The van der Waals surface area contributed by atoms with E-state index in [9.17, 15) is 4.21 Å². The van der Waals surface area contributed by atoms with Gasteiger partial charge in [0.2, 0.25) is 0 Å². The average Bonchev–Trinajstić information content (AvgIpc) is 2.58. The average molecular weight is 329 g/mol. The first-order valence-electron chi connectivity index (χ1n) is 8.02. The van der Waals surface area contributed by atoms with Crippen LogP contribution >= 0.6 is 0 Å². The molecule has 0 spiro atoms. The number of hydrogen-bond acceptors (Lipinski definition) is 4. The SMILES string of the molecule is C[S@](=O)c1ccc(NC2CCN(Cc3cccnc3)CC2)cc1. The van der Waals surface area contributed by atoms with E-state index in [1.807, 2.05) is 42.7 Å². The number of anilines is 1. The second-order valence-electron chi connectivity index (χ2n) is 6.03. The van der Waals surface area contributed by atoms with Gasteiger partial charge in [-0.2, -0.15) is 0 Å². The number of likely N-dealkylation sites (tertiary alicyclic amines) is 1. The van der Waals surface area contributed by atoms with Gasteiger partial charge in [-0.3, -0.25) is 14.1 Å². The molecular formula is C18H23N3OS. The van der Waals surface area contributed by atoms with Crippen molar-refractivity contribution in [3.63, 3.8) is 0 Å². The van der Waals surface area contributed by atoms with Gasteiger partial charge in [-0.15, -0.1) is 0 Å². The lowest BCUT2D eigenvalue weighted by molar-refractivity contribution is 0.211. The standard InChI is InChI=1S/C18H23N3OS/c1-23(22)18-6-4-16(5-7-18)20-17-8-11-21(12-9-17)14-15-3-2-10-19-13-15/h2-7,10,13,17,20H,8-9,11-12,14H2,1H3/t23-/m0/s1. The Hall–Kier alpha value is -1.72. The molecule has 0 unspecified atom stereocenters. The van der Waals surface area contributed by atoms with E-state index >= 15 is 0 Å². The Bertz CT molecular complexity index is 637. The van der Waals surface area contributed by atoms with Gasteiger partial charge < -0.3 is 5.32 Å². The van der Waals surface area contributed by atoms with Crippen LogP contribution in [0.4, 0.5) is 5.69 Å². The number of aromatic nitrogens is 1. The summed E-state index contributed by atoms with van der Waals surface area (Å²) in [6.45, 7) is 3.19. The van der Waals surface area contributed by atoms with E-state index in [0.29, 0.717) is 6.04 Å². The Morgan fingerprint density at radius 2 is 1.96 bits per heavy atom. The molecule has 2 aromatic rings. The lowest BCUT2D eigenvalue weighted by Crippen LogP contribution is -2.38. The number of pyridine rings is 1. The third kappa shape index (κ3) is 4.62. The summed E-state index contributed by atoms with van der Waals surface area (Å²) in [5.41, 5.74) is 2.40. The highest BCUT2D eigenvalue weighted by Crippen LogP contribution is 2.19. The normalized spacial score (nSPS) is 17.8. The predicted octanol–water partition coefficient (Wildman–Crippen LogP) is 2.90. The van der Waals surface area contributed by atoms with E-state index in [-0.39, 0.29) is 0 Å². The molecule has 1 aliphatic heterocycles. The van der Waals surface area contributed by atoms with Gasteiger partial charge >= 0.3 is 0 Å². The summed E-state index contributed by atoms with van der Waals surface area (Å²) in [5, 5.41) is 3.59. The number of nitrogens with zero attached hydrogens (tertiary/aromatic N) is 2. The zero-order valence-corrected chi connectivity index (χ0v) is 14.3. The highest BCUT2D eigenvalue weighted by Gasteiger charge is 2.19. The van der Waals surface area contributed by atoms with Crippen molar-refractivity contribution < 1.29 is 4.21 Å². The molecule has 0 saturated carbocycles. The molecule has 1 N–H and O–H groups in total. The third-order valence-electron chi connectivity index (χ3n) is 4.27. The fourth-order valence-corrected chi connectivity index (χ4v) is 3.48. The molecule has 0 bridgehead atoms. The zero-order chi connectivity index (χ0) is 16.1. The summed E-state index contributed by atoms with van der Waals surface area (Å²) in [6.07, 6.45) is 7.76. The molecule has 1 saturated heterocycles. The molecule has 1 aromatic carbocycles. The number of nitrogens with one attached hydrogen (secondary N) is 1. The summed E-state index contributed by atoms with van der Waals surface area (Å²) in [7, 11) is -0.908. The molecule has 1 fully saturated rings. The van der Waals surface area contributed by atoms with Gasteiger partial charge in [0.05, 0.1) is 0 Å². The Labute approximate surface area is 140 Å². The molecule has 122 valence electrons. The molecule has 5 heteroatoms. The van der Waals surface area contributed by atoms with Gasteiger partial charge in [0.25, 0.3) is 0 Å². The molecule has 23 heavy (non-hydrogen) atoms. The van der Waals surface area contributed by atoms with Gasteiger partial charge in [-0.25, -0.2) is 0 Å². The van der Waals surface area contributed by atoms with Crippen molar-refractivity contribution in [1.82, 2.24) is 9.88 Å². The molecule has 2 heterocycles. The largest absolute Gasteiger partial charge is 0.382 e. The van der Waals surface area contributed by atoms with Gasteiger partial charge in [0.1, 0.15) is 0 Å². The third-order valence-corrected chi connectivity index (χ3v) is 5.21. The van der Waals surface area contributed by atoms with Gasteiger partial charge in [0.15, 0.2) is 0 Å². The van der Waals surface area contributed by atoms with E-state index in [1.165, 1.54) is 5.56 Å². The molecule has 1 aromatic heterocycles. The first-order valence-corrected chi connectivity index (χ1v) is 9.58. The lowest BCUT2D eigenvalue weighted by atomic mass is 10.0. The van der Waals surface area contributed by atoms with Crippen LogP contribution in [-0.2, 0) is 17.3 Å². The fourth-order valence-electron chi connectivity index (χ4n) is 2.96. The quantitative estimate of drug-likeness (QED) is 0.916. The molecule has 4 nitrogen and oxygen atoms in total. The summed E-state index contributed by atoms with van der Waals surface area (Å²) < 4.78 is 11.4. The minimum atomic E-state index is -0.908. The molecule has 1 aliphatic rings. The highest BCUT2D eigenvalue weighted by molar-refractivity contribution is 7.84. The van der Waals surface area contributed by atoms with Crippen molar-refractivity contribution in [3.8, 4) is 0 Å². The maximum Gasteiger partial charge on any atom is 0.0498 e. The van der Waals surface area contributed by atoms with E-state index in [1.54, 1.807) is 6.26 Å². The Morgan fingerprint density at radius 3 is 2.57 bits per heavy atom. The van der Waals surface area contributed by atoms with Crippen LogP contribution in [0.3, 0.4) is 0 Å². The Kier molecular flexibility index (Phi) is 5.41. The van der Waals surface area contributed by atoms with Crippen LogP contribution in [0.25, 0.3) is 0 Å². The number of rotatable bonds is 5. The smallest absolute Gasteiger partial charge is 0.0498 e. The first-order chi connectivity index (χ1) is 11.2. The maximum atomic E-state index is 11.4. The monoisotopic (exact) mass is 329 g/mol. The Balaban J connectivity index is 1.48. The fraction of sp³-hybridized carbons (Fsp3) is 0.389. The topological polar surface area (TPSA) is 45.2 Å². The molecular weight excluding hydrogens is 306 g/mol. The van der Waals surface area contributed by atoms with E-state index in [0.717, 1.165) is 43.1 Å². The van der Waals surface area contributed by atoms with Gasteiger partial charge in [-0.1, -0.05) is 6.07 Å². The van der Waals surface area contributed by atoms with Crippen LogP contribution in [0, 0.1) is 0 Å². The summed E-state index contributed by atoms with van der Waals surface area (Å²) in [6, 6.07) is 12.6. The second kappa shape index (κ2) is 7.70. The lowest BCUT2D eigenvalue weighted by Gasteiger charge is -2.32. The van der Waals surface area contributed by atoms with Crippen LogP contribution in [-0.4, -0.2) is 39.5 Å². The summed E-state index contributed by atoms with van der Waals surface area (Å²) in [4.78, 5) is 7.54. The molecule has 1 atom stereocenters. The number of hydrogen-bond donors (Lipinski definition) is 1. The molecule has 0 radical (unpaired) electrons. The van der Waals surface area contributed by atoms with Crippen molar-refractivity contribution in [2.45, 2.75) is 30.3 Å². The van der Waals surface area contributed by atoms with E-state index < -0.39 is 10.8 Å². The van der Waals surface area contributed by atoms with Crippen LogP contribution in [0.5, 0.6) is 0 Å². The first kappa shape index (κ1) is 16.1. The summed E-state index contributed by atoms with van der Waals surface area (Å²) >= 11 is 0. The highest BCUT2D eigenvalue weighted by atomic mass is 32.2. The minimum Gasteiger partial charge on any atom is -0.382 e. The van der Waals surface area contributed by atoms with Crippen molar-refractivity contribution >= 4 is 16.5 Å². The zero-order valence-electron chi connectivity index (χ0n) is 13.4. The summed E-state index contributed by atoms with van der Waals surface area (Å²) in [5.74, 6) is 0. The second-order valence-corrected chi connectivity index (χ2v) is 7.41. The van der Waals surface area contributed by atoms with Crippen LogP contribution in [0.2, 0.25) is 0 Å². The van der Waals surface area contributed by atoms with E-state index in [4.69, 9.17) is 0 Å². The van der Waals surface area contributed by atoms with Gasteiger partial charge in [-0.05, 0) is 48.7 Å². The van der Waals surface area contributed by atoms with Crippen LogP contribution in [0.1, 0.15) is 18.4 Å². The van der Waals surface area contributed by atoms with Gasteiger partial charge in [0, 0.05) is 65.7 Å². The van der Waals surface area contributed by atoms with Crippen molar-refractivity contribution in [2.24, 2.45) is 0 Å². The predicted molar refractivity (Wildman–Crippen MR) is 94.9 cm³/mol. The number of piperidine rings is 1. The van der Waals surface area contributed by atoms with Crippen molar-refractivity contribution in [3.05, 3.63) is 54.4 Å². The number of benzene rings is 1. The van der Waals surface area contributed by atoms with E-state index in [2.05, 4.69) is 21.3 Å². The molecule has 3 rings (SSSR count). The maximum absolute atomic E-state index is 11.4. The molecule has 0 amide bonds. The molecule has 0 aliphatic carbocycles. The van der Waals surface area contributed by atoms with Crippen LogP contribution in [0.15, 0.2) is 53.7 Å².